The molecule has 0 fully saturated rings. The highest BCUT2D eigenvalue weighted by atomic mass is 32.2. The van der Waals surface area contributed by atoms with Gasteiger partial charge in [-0.3, -0.25) is 0 Å². The van der Waals surface area contributed by atoms with Gasteiger partial charge in [0.05, 0.1) is 0 Å². The molecule has 3 nitrogen and oxygen atoms in total. The minimum Gasteiger partial charge on any atom is -0.376 e. The van der Waals surface area contributed by atoms with Crippen molar-refractivity contribution < 1.29 is 25.8 Å². The van der Waals surface area contributed by atoms with Crippen molar-refractivity contribution in [3.05, 3.63) is 29.8 Å². The first kappa shape index (κ1) is 14.8. The third-order valence-corrected chi connectivity index (χ3v) is 3.19. The van der Waals surface area contributed by atoms with Crippen molar-refractivity contribution in [1.29, 1.82) is 0 Å². The Kier molecular flexibility index (Phi) is 3.67. The summed E-state index contributed by atoms with van der Waals surface area (Å²) in [6.45, 7) is 5.78. The molecule has 0 heterocycles. The van der Waals surface area contributed by atoms with Crippen LogP contribution in [0.1, 0.15) is 26.3 Å². The van der Waals surface area contributed by atoms with E-state index in [9.17, 15) is 21.6 Å². The Morgan fingerprint density at radius 3 is 1.78 bits per heavy atom. The van der Waals surface area contributed by atoms with Crippen LogP contribution >= 0.6 is 0 Å². The Morgan fingerprint density at radius 1 is 1.00 bits per heavy atom. The first-order valence-electron chi connectivity index (χ1n) is 5.05. The molecule has 18 heavy (non-hydrogen) atoms. The van der Waals surface area contributed by atoms with Crippen molar-refractivity contribution in [2.75, 3.05) is 0 Å². The lowest BCUT2D eigenvalue weighted by Crippen LogP contribution is -2.28. The number of alkyl halides is 3. The fourth-order valence-electron chi connectivity index (χ4n) is 1.18. The summed E-state index contributed by atoms with van der Waals surface area (Å²) in [5, 5.41) is 0. The molecule has 7 heteroatoms. The van der Waals surface area contributed by atoms with Crippen LogP contribution in [0, 0.1) is 0 Å². The number of benzene rings is 1. The van der Waals surface area contributed by atoms with E-state index in [1.54, 1.807) is 0 Å². The van der Waals surface area contributed by atoms with Gasteiger partial charge in [-0.25, -0.2) is 0 Å². The van der Waals surface area contributed by atoms with E-state index in [0.29, 0.717) is 0 Å². The molecule has 0 amide bonds. The highest BCUT2D eigenvalue weighted by Gasteiger charge is 2.48. The molecule has 0 bridgehead atoms. The number of hydrogen-bond donors (Lipinski definition) is 0. The molecule has 0 saturated carbocycles. The fraction of sp³-hybridized carbons (Fsp3) is 0.455. The lowest BCUT2D eigenvalue weighted by Gasteiger charge is -2.19. The molecule has 1 aromatic carbocycles. The molecule has 1 aromatic rings. The highest BCUT2D eigenvalue weighted by molar-refractivity contribution is 7.87. The molecule has 0 aromatic heterocycles. The van der Waals surface area contributed by atoms with Crippen molar-refractivity contribution in [3.63, 3.8) is 0 Å². The molecule has 0 saturated heterocycles. The van der Waals surface area contributed by atoms with E-state index in [0.717, 1.165) is 5.56 Å². The fourth-order valence-corrected chi connectivity index (χ4v) is 1.64. The lowest BCUT2D eigenvalue weighted by atomic mass is 9.87. The third-order valence-electron chi connectivity index (χ3n) is 2.21. The lowest BCUT2D eigenvalue weighted by molar-refractivity contribution is -0.0500. The molecule has 0 N–H and O–H groups in total. The van der Waals surface area contributed by atoms with Gasteiger partial charge in [0.25, 0.3) is 0 Å². The topological polar surface area (TPSA) is 43.4 Å². The van der Waals surface area contributed by atoms with E-state index in [1.165, 1.54) is 24.3 Å². The molecule has 0 radical (unpaired) electrons. The molecular formula is C11H13F3O3S. The summed E-state index contributed by atoms with van der Waals surface area (Å²) in [6, 6.07) is 5.45. The molecule has 0 atom stereocenters. The molecule has 0 aliphatic rings. The molecule has 1 rings (SSSR count). The Bertz CT molecular complexity index is 510. The maximum Gasteiger partial charge on any atom is 0.534 e. The number of halogens is 3. The van der Waals surface area contributed by atoms with Gasteiger partial charge in [-0.05, 0) is 23.1 Å². The smallest absolute Gasteiger partial charge is 0.376 e. The zero-order chi connectivity index (χ0) is 14.2. The molecule has 0 spiro atoms. The first-order valence-corrected chi connectivity index (χ1v) is 6.45. The van der Waals surface area contributed by atoms with E-state index >= 15 is 0 Å². The van der Waals surface area contributed by atoms with E-state index in [-0.39, 0.29) is 11.2 Å². The standard InChI is InChI=1S/C11H13F3O3S/c1-10(2,3)8-4-6-9(7-5-8)17-18(15,16)11(12,13)14/h4-7H,1-3H3. The van der Waals surface area contributed by atoms with Gasteiger partial charge in [0.1, 0.15) is 5.75 Å². The molecule has 0 aliphatic carbocycles. The van der Waals surface area contributed by atoms with E-state index in [2.05, 4.69) is 4.18 Å². The summed E-state index contributed by atoms with van der Waals surface area (Å²) in [6.07, 6.45) is 0. The van der Waals surface area contributed by atoms with Crippen LogP contribution < -0.4 is 4.18 Å². The van der Waals surface area contributed by atoms with Crippen molar-refractivity contribution in [1.82, 2.24) is 0 Å². The monoisotopic (exact) mass is 282 g/mol. The van der Waals surface area contributed by atoms with Gasteiger partial charge in [-0.15, -0.1) is 0 Å². The van der Waals surface area contributed by atoms with Crippen LogP contribution in [-0.4, -0.2) is 13.9 Å². The SMILES string of the molecule is CC(C)(C)c1ccc(OS(=O)(=O)C(F)(F)F)cc1. The highest BCUT2D eigenvalue weighted by Crippen LogP contribution is 2.29. The van der Waals surface area contributed by atoms with Gasteiger partial charge in [-0.2, -0.15) is 21.6 Å². The van der Waals surface area contributed by atoms with Crippen LogP contribution in [0.3, 0.4) is 0 Å². The van der Waals surface area contributed by atoms with Crippen LogP contribution in [0.2, 0.25) is 0 Å². The average molecular weight is 282 g/mol. The van der Waals surface area contributed by atoms with Gasteiger partial charge >= 0.3 is 15.6 Å². The van der Waals surface area contributed by atoms with Gasteiger partial charge in [-0.1, -0.05) is 32.9 Å². The second-order valence-electron chi connectivity index (χ2n) is 4.76. The molecular weight excluding hydrogens is 269 g/mol. The van der Waals surface area contributed by atoms with Gasteiger partial charge < -0.3 is 4.18 Å². The minimum absolute atomic E-state index is 0.179. The van der Waals surface area contributed by atoms with Crippen LogP contribution in [0.25, 0.3) is 0 Å². The zero-order valence-electron chi connectivity index (χ0n) is 10.1. The Hall–Kier alpha value is -1.24. The number of hydrogen-bond acceptors (Lipinski definition) is 3. The Labute approximate surface area is 104 Å². The average Bonchev–Trinajstić information content (AvgIpc) is 2.14. The Morgan fingerprint density at radius 2 is 1.44 bits per heavy atom. The van der Waals surface area contributed by atoms with Crippen molar-refractivity contribution >= 4 is 10.1 Å². The normalized spacial score (nSPS) is 13.4. The molecule has 102 valence electrons. The van der Waals surface area contributed by atoms with Crippen LogP contribution in [0.15, 0.2) is 24.3 Å². The quantitative estimate of drug-likeness (QED) is 0.618. The maximum atomic E-state index is 12.1. The van der Waals surface area contributed by atoms with E-state index in [4.69, 9.17) is 0 Å². The van der Waals surface area contributed by atoms with Crippen LogP contribution in [0.4, 0.5) is 13.2 Å². The van der Waals surface area contributed by atoms with E-state index in [1.807, 2.05) is 20.8 Å². The molecule has 0 aliphatic heterocycles. The van der Waals surface area contributed by atoms with Gasteiger partial charge in [0, 0.05) is 0 Å². The minimum atomic E-state index is -5.60. The molecule has 0 unspecified atom stereocenters. The third kappa shape index (κ3) is 3.38. The summed E-state index contributed by atoms with van der Waals surface area (Å²) in [5.74, 6) is -0.361. The summed E-state index contributed by atoms with van der Waals surface area (Å²) in [5.41, 5.74) is -4.74. The second kappa shape index (κ2) is 4.46. The summed E-state index contributed by atoms with van der Waals surface area (Å²) in [4.78, 5) is 0. The summed E-state index contributed by atoms with van der Waals surface area (Å²) in [7, 11) is -5.60. The predicted octanol–water partition coefficient (Wildman–Crippen LogP) is 3.21. The van der Waals surface area contributed by atoms with Crippen molar-refractivity contribution in [2.45, 2.75) is 31.7 Å². The van der Waals surface area contributed by atoms with Crippen molar-refractivity contribution in [3.8, 4) is 5.75 Å². The summed E-state index contributed by atoms with van der Waals surface area (Å²) >= 11 is 0. The number of rotatable bonds is 2. The van der Waals surface area contributed by atoms with Gasteiger partial charge in [0.2, 0.25) is 0 Å². The predicted molar refractivity (Wildman–Crippen MR) is 60.7 cm³/mol. The van der Waals surface area contributed by atoms with Crippen molar-refractivity contribution in [2.24, 2.45) is 0 Å². The first-order chi connectivity index (χ1) is 7.93. The largest absolute Gasteiger partial charge is 0.534 e. The maximum absolute atomic E-state index is 12.1. The van der Waals surface area contributed by atoms with Crippen LogP contribution in [0.5, 0.6) is 5.75 Å². The summed E-state index contributed by atoms with van der Waals surface area (Å²) < 4.78 is 61.7. The Balaban J connectivity index is 2.96. The zero-order valence-corrected chi connectivity index (χ0v) is 10.9. The second-order valence-corrected chi connectivity index (χ2v) is 6.30. The van der Waals surface area contributed by atoms with Gasteiger partial charge in [0.15, 0.2) is 0 Å². The van der Waals surface area contributed by atoms with E-state index < -0.39 is 15.6 Å². The van der Waals surface area contributed by atoms with Crippen LogP contribution in [-0.2, 0) is 15.5 Å².